The van der Waals surface area contributed by atoms with E-state index in [1.807, 2.05) is 0 Å². The third kappa shape index (κ3) is 2.22. The maximum Gasteiger partial charge on any atom is 0.0482 e. The molecule has 17 heavy (non-hydrogen) atoms. The van der Waals surface area contributed by atoms with E-state index in [1.165, 1.54) is 22.2 Å². The van der Waals surface area contributed by atoms with Crippen molar-refractivity contribution in [1.29, 1.82) is 0 Å². The Hall–Kier alpha value is -1.28. The third-order valence-corrected chi connectivity index (χ3v) is 3.49. The lowest BCUT2D eigenvalue weighted by molar-refractivity contribution is 0.413. The second-order valence-corrected chi connectivity index (χ2v) is 4.91. The Bertz CT molecular complexity index is 509. The van der Waals surface area contributed by atoms with Gasteiger partial charge in [-0.05, 0) is 38.6 Å². The van der Waals surface area contributed by atoms with Crippen molar-refractivity contribution in [3.05, 3.63) is 35.5 Å². The summed E-state index contributed by atoms with van der Waals surface area (Å²) >= 11 is 0. The Morgan fingerprint density at radius 2 is 1.88 bits per heavy atom. The largest absolute Gasteiger partial charge is 0.347 e. The molecule has 0 aliphatic heterocycles. The van der Waals surface area contributed by atoms with Gasteiger partial charge in [0.2, 0.25) is 0 Å². The number of rotatable bonds is 4. The van der Waals surface area contributed by atoms with Gasteiger partial charge in [-0.2, -0.15) is 0 Å². The quantitative estimate of drug-likeness (QED) is 0.784. The van der Waals surface area contributed by atoms with Crippen molar-refractivity contribution in [2.45, 2.75) is 19.8 Å². The molecule has 0 atom stereocenters. The average molecular weight is 230 g/mol. The van der Waals surface area contributed by atoms with Crippen LogP contribution in [0.25, 0.3) is 10.9 Å². The third-order valence-electron chi connectivity index (χ3n) is 3.49. The first-order valence-electron chi connectivity index (χ1n) is 6.35. The molecule has 0 aliphatic carbocycles. The van der Waals surface area contributed by atoms with Crippen LogP contribution in [-0.2, 0) is 19.9 Å². The van der Waals surface area contributed by atoms with Gasteiger partial charge in [-0.3, -0.25) is 0 Å². The fourth-order valence-corrected chi connectivity index (χ4v) is 2.59. The molecule has 0 fully saturated rings. The molecule has 0 saturated heterocycles. The molecule has 2 nitrogen and oxygen atoms in total. The molecule has 1 heterocycles. The van der Waals surface area contributed by atoms with Crippen LogP contribution in [0.15, 0.2) is 24.3 Å². The van der Waals surface area contributed by atoms with Gasteiger partial charge in [0.05, 0.1) is 0 Å². The molecule has 0 aliphatic rings. The number of fused-ring (bicyclic) bond motifs is 1. The van der Waals surface area contributed by atoms with Gasteiger partial charge in [-0.15, -0.1) is 0 Å². The molecule has 0 saturated carbocycles. The van der Waals surface area contributed by atoms with Crippen LogP contribution in [0, 0.1) is 0 Å². The fraction of sp³-hybridized carbons (Fsp3) is 0.467. The first-order chi connectivity index (χ1) is 8.15. The van der Waals surface area contributed by atoms with Crippen molar-refractivity contribution < 1.29 is 0 Å². The lowest BCUT2D eigenvalue weighted by Crippen LogP contribution is -2.15. The van der Waals surface area contributed by atoms with E-state index in [4.69, 9.17) is 0 Å². The van der Waals surface area contributed by atoms with Crippen molar-refractivity contribution in [3.63, 3.8) is 0 Å². The van der Waals surface area contributed by atoms with Crippen LogP contribution < -0.4 is 0 Å². The summed E-state index contributed by atoms with van der Waals surface area (Å²) < 4.78 is 2.35. The van der Waals surface area contributed by atoms with Crippen LogP contribution in [0.2, 0.25) is 0 Å². The zero-order chi connectivity index (χ0) is 12.4. The predicted octanol–water partition coefficient (Wildman–Crippen LogP) is 2.84. The Balaban J connectivity index is 2.51. The molecule has 0 unspecified atom stereocenters. The molecule has 0 amide bonds. The minimum absolute atomic E-state index is 1.11. The highest BCUT2D eigenvalue weighted by atomic mass is 15.0. The second kappa shape index (κ2) is 4.92. The minimum Gasteiger partial charge on any atom is -0.347 e. The van der Waals surface area contributed by atoms with E-state index in [1.54, 1.807) is 0 Å². The van der Waals surface area contributed by atoms with Crippen LogP contribution in [0.4, 0.5) is 0 Å². The molecule has 2 aromatic rings. The van der Waals surface area contributed by atoms with E-state index in [9.17, 15) is 0 Å². The lowest BCUT2D eigenvalue weighted by Gasteiger charge is -2.10. The van der Waals surface area contributed by atoms with Gasteiger partial charge in [-0.1, -0.05) is 25.1 Å². The zero-order valence-electron chi connectivity index (χ0n) is 11.3. The zero-order valence-corrected chi connectivity index (χ0v) is 11.3. The van der Waals surface area contributed by atoms with Crippen LogP contribution in [0.3, 0.4) is 0 Å². The molecule has 0 bridgehead atoms. The Morgan fingerprint density at radius 3 is 2.53 bits per heavy atom. The summed E-state index contributed by atoms with van der Waals surface area (Å²) in [5, 5.41) is 1.42. The first-order valence-corrected chi connectivity index (χ1v) is 6.35. The van der Waals surface area contributed by atoms with E-state index < -0.39 is 0 Å². The van der Waals surface area contributed by atoms with Crippen molar-refractivity contribution in [3.8, 4) is 0 Å². The van der Waals surface area contributed by atoms with Crippen LogP contribution >= 0.6 is 0 Å². The lowest BCUT2D eigenvalue weighted by atomic mass is 10.1. The Labute approximate surface area is 104 Å². The summed E-state index contributed by atoms with van der Waals surface area (Å²) in [6.07, 6.45) is 2.24. The smallest absolute Gasteiger partial charge is 0.0482 e. The summed E-state index contributed by atoms with van der Waals surface area (Å²) in [6, 6.07) is 8.73. The molecule has 1 aromatic heterocycles. The number of para-hydroxylation sites is 1. The first kappa shape index (κ1) is 12.2. The van der Waals surface area contributed by atoms with E-state index in [0.717, 1.165) is 19.4 Å². The van der Waals surface area contributed by atoms with Crippen molar-refractivity contribution in [1.82, 2.24) is 9.47 Å². The summed E-state index contributed by atoms with van der Waals surface area (Å²) in [4.78, 5) is 2.25. The predicted molar refractivity (Wildman–Crippen MR) is 74.6 cm³/mol. The van der Waals surface area contributed by atoms with E-state index in [-0.39, 0.29) is 0 Å². The number of hydrogen-bond acceptors (Lipinski definition) is 1. The number of likely N-dealkylation sites (N-methyl/N-ethyl adjacent to an activating group) is 1. The van der Waals surface area contributed by atoms with Gasteiger partial charge in [0.25, 0.3) is 0 Å². The van der Waals surface area contributed by atoms with Gasteiger partial charge < -0.3 is 9.47 Å². The van der Waals surface area contributed by atoms with Crippen LogP contribution in [-0.4, -0.2) is 30.1 Å². The molecule has 2 rings (SSSR count). The van der Waals surface area contributed by atoms with Gasteiger partial charge in [0, 0.05) is 30.2 Å². The highest BCUT2D eigenvalue weighted by Gasteiger charge is 2.12. The maximum absolute atomic E-state index is 2.35. The van der Waals surface area contributed by atoms with Crippen LogP contribution in [0.1, 0.15) is 18.2 Å². The second-order valence-electron chi connectivity index (χ2n) is 4.91. The number of aromatic nitrogens is 1. The monoisotopic (exact) mass is 230 g/mol. The molecular formula is C15H22N2. The van der Waals surface area contributed by atoms with Gasteiger partial charge in [-0.25, -0.2) is 0 Å². The number of aryl methyl sites for hydroxylation is 1. The maximum atomic E-state index is 2.35. The number of hydrogen-bond donors (Lipinski definition) is 0. The van der Waals surface area contributed by atoms with Crippen molar-refractivity contribution >= 4 is 10.9 Å². The number of benzene rings is 1. The molecular weight excluding hydrogens is 208 g/mol. The number of nitrogens with zero attached hydrogens (tertiary/aromatic N) is 2. The molecule has 0 radical (unpaired) electrons. The highest BCUT2D eigenvalue weighted by Crippen LogP contribution is 2.26. The Morgan fingerprint density at radius 1 is 1.18 bits per heavy atom. The van der Waals surface area contributed by atoms with Crippen molar-refractivity contribution in [2.75, 3.05) is 20.6 Å². The summed E-state index contributed by atoms with van der Waals surface area (Å²) in [5.74, 6) is 0. The van der Waals surface area contributed by atoms with Crippen LogP contribution in [0.5, 0.6) is 0 Å². The molecule has 92 valence electrons. The van der Waals surface area contributed by atoms with E-state index >= 15 is 0 Å². The molecule has 2 heteroatoms. The van der Waals surface area contributed by atoms with Gasteiger partial charge >= 0.3 is 0 Å². The normalized spacial score (nSPS) is 11.6. The Kier molecular flexibility index (Phi) is 3.53. The van der Waals surface area contributed by atoms with E-state index in [2.05, 4.69) is 61.8 Å². The van der Waals surface area contributed by atoms with Crippen molar-refractivity contribution in [2.24, 2.45) is 7.05 Å². The minimum atomic E-state index is 1.11. The topological polar surface area (TPSA) is 8.17 Å². The van der Waals surface area contributed by atoms with Gasteiger partial charge in [0.15, 0.2) is 0 Å². The summed E-state index contributed by atoms with van der Waals surface area (Å²) in [5.41, 5.74) is 4.37. The SMILES string of the molecule is CCc1c(CCN(C)C)c2ccccc2n1C. The summed E-state index contributed by atoms with van der Waals surface area (Å²) in [7, 11) is 6.45. The van der Waals surface area contributed by atoms with E-state index in [0.29, 0.717) is 0 Å². The standard InChI is InChI=1S/C15H22N2/c1-5-14-13(10-11-16(2)3)12-8-6-7-9-15(12)17(14)4/h6-9H,5,10-11H2,1-4H3. The summed E-state index contributed by atoms with van der Waals surface area (Å²) in [6.45, 7) is 3.36. The molecule has 1 aromatic carbocycles. The highest BCUT2D eigenvalue weighted by molar-refractivity contribution is 5.85. The fourth-order valence-electron chi connectivity index (χ4n) is 2.59. The molecule has 0 N–H and O–H groups in total. The average Bonchev–Trinajstić information content (AvgIpc) is 2.60. The van der Waals surface area contributed by atoms with Gasteiger partial charge in [0.1, 0.15) is 0 Å². The molecule has 0 spiro atoms.